The quantitative estimate of drug-likeness (QED) is 0.722. The Bertz CT molecular complexity index is 917. The minimum atomic E-state index is -0.470. The first-order valence-corrected chi connectivity index (χ1v) is 9.86. The van der Waals surface area contributed by atoms with E-state index in [0.29, 0.717) is 23.8 Å². The van der Waals surface area contributed by atoms with Gasteiger partial charge in [0.15, 0.2) is 0 Å². The van der Waals surface area contributed by atoms with Crippen LogP contribution in [-0.2, 0) is 14.3 Å². The lowest BCUT2D eigenvalue weighted by Gasteiger charge is -2.35. The number of hydrogen-bond acceptors (Lipinski definition) is 6. The van der Waals surface area contributed by atoms with Crippen LogP contribution in [0.25, 0.3) is 0 Å². The van der Waals surface area contributed by atoms with Crippen molar-refractivity contribution in [2.75, 3.05) is 24.6 Å². The normalized spacial score (nSPS) is 15.9. The summed E-state index contributed by atoms with van der Waals surface area (Å²) in [4.78, 5) is 31.4. The Labute approximate surface area is 170 Å². The van der Waals surface area contributed by atoms with E-state index in [2.05, 4.69) is 15.4 Å². The molecule has 8 nitrogen and oxygen atoms in total. The molecule has 2 aromatic rings. The van der Waals surface area contributed by atoms with E-state index in [4.69, 9.17) is 4.74 Å². The maximum absolute atomic E-state index is 12.9. The minimum Gasteiger partial charge on any atom is -0.463 e. The van der Waals surface area contributed by atoms with Crippen LogP contribution in [-0.4, -0.2) is 46.3 Å². The average molecular weight is 397 g/mol. The van der Waals surface area contributed by atoms with Crippen molar-refractivity contribution in [3.8, 4) is 0 Å². The number of nitrogens with zero attached hydrogens (tertiary/aromatic N) is 4. The largest absolute Gasteiger partial charge is 0.463 e. The molecule has 0 radical (unpaired) electrons. The molecule has 8 heteroatoms. The zero-order chi connectivity index (χ0) is 21.0. The number of allylic oxidation sites excluding steroid dienone is 1. The van der Waals surface area contributed by atoms with Gasteiger partial charge in [0.05, 0.1) is 12.2 Å². The van der Waals surface area contributed by atoms with Crippen LogP contribution in [0.5, 0.6) is 0 Å². The van der Waals surface area contributed by atoms with E-state index in [1.54, 1.807) is 16.5 Å². The summed E-state index contributed by atoms with van der Waals surface area (Å²) in [5.74, 6) is -0.0405. The van der Waals surface area contributed by atoms with Gasteiger partial charge in [0.25, 0.3) is 0 Å². The number of aryl methyl sites for hydroxylation is 1. The fourth-order valence-corrected chi connectivity index (χ4v) is 3.41. The van der Waals surface area contributed by atoms with E-state index >= 15 is 0 Å². The summed E-state index contributed by atoms with van der Waals surface area (Å²) in [6.07, 6.45) is 2.29. The van der Waals surface area contributed by atoms with Gasteiger partial charge in [-0.15, -0.1) is 0 Å². The molecule has 1 atom stereocenters. The van der Waals surface area contributed by atoms with Gasteiger partial charge in [0.1, 0.15) is 18.9 Å². The number of ether oxygens (including phenoxy) is 1. The molecule has 0 bridgehead atoms. The molecule has 29 heavy (non-hydrogen) atoms. The average Bonchev–Trinajstić information content (AvgIpc) is 3.18. The number of hydrogen-bond donors (Lipinski definition) is 1. The highest BCUT2D eigenvalue weighted by molar-refractivity contribution is 5.93. The summed E-state index contributed by atoms with van der Waals surface area (Å²) >= 11 is 0. The van der Waals surface area contributed by atoms with Crippen LogP contribution in [0.15, 0.2) is 41.9 Å². The fourth-order valence-electron chi connectivity index (χ4n) is 3.41. The summed E-state index contributed by atoms with van der Waals surface area (Å²) < 4.78 is 7.03. The Morgan fingerprint density at radius 2 is 1.90 bits per heavy atom. The van der Waals surface area contributed by atoms with Gasteiger partial charge >= 0.3 is 5.97 Å². The van der Waals surface area contributed by atoms with E-state index in [1.807, 2.05) is 45.0 Å². The summed E-state index contributed by atoms with van der Waals surface area (Å²) in [6.45, 7) is 8.50. The molecular formula is C21H27N5O3. The maximum Gasteiger partial charge on any atom is 0.338 e. The highest BCUT2D eigenvalue weighted by Gasteiger charge is 2.38. The molecule has 1 aliphatic heterocycles. The number of aromatic nitrogens is 3. The molecule has 3 rings (SSSR count). The number of benzene rings is 1. The minimum absolute atomic E-state index is 0.0497. The number of amides is 1. The molecule has 1 aromatic carbocycles. The van der Waals surface area contributed by atoms with Gasteiger partial charge in [0, 0.05) is 12.2 Å². The zero-order valence-corrected chi connectivity index (χ0v) is 17.3. The van der Waals surface area contributed by atoms with Crippen LogP contribution in [0.4, 0.5) is 5.95 Å². The molecule has 0 saturated carbocycles. The second-order valence-corrected chi connectivity index (χ2v) is 6.97. The third kappa shape index (κ3) is 4.16. The van der Waals surface area contributed by atoms with E-state index < -0.39 is 12.0 Å². The fraction of sp³-hybridized carbons (Fsp3) is 0.429. The topological polar surface area (TPSA) is 89.4 Å². The summed E-state index contributed by atoms with van der Waals surface area (Å²) in [5, 5.41) is 7.24. The predicted octanol–water partition coefficient (Wildman–Crippen LogP) is 2.36. The van der Waals surface area contributed by atoms with Gasteiger partial charge in [0.2, 0.25) is 11.9 Å². The van der Waals surface area contributed by atoms with Gasteiger partial charge < -0.3 is 15.0 Å². The number of anilines is 1. The summed E-state index contributed by atoms with van der Waals surface area (Å²) in [5.41, 5.74) is 3.12. The van der Waals surface area contributed by atoms with Crippen molar-refractivity contribution in [2.45, 2.75) is 40.2 Å². The molecule has 0 spiro atoms. The van der Waals surface area contributed by atoms with Crippen molar-refractivity contribution in [2.24, 2.45) is 0 Å². The van der Waals surface area contributed by atoms with Crippen LogP contribution in [0.3, 0.4) is 0 Å². The highest BCUT2D eigenvalue weighted by atomic mass is 16.5. The number of carbonyl (C=O) groups excluding carboxylic acids is 2. The van der Waals surface area contributed by atoms with E-state index in [-0.39, 0.29) is 19.1 Å². The van der Waals surface area contributed by atoms with E-state index in [9.17, 15) is 9.59 Å². The first-order valence-electron chi connectivity index (χ1n) is 9.86. The van der Waals surface area contributed by atoms with Crippen LogP contribution in [0.1, 0.15) is 44.4 Å². The number of fused-ring (bicyclic) bond motifs is 1. The standard InChI is InChI=1S/C21H27N5O3/c1-5-11-22-17(27)12-25-15(4)18(20(28)29-6-2)19(26-21(25)23-13-24-26)16-9-7-14(3)8-10-16/h7-10,13,19H,5-6,11-12H2,1-4H3,(H,22,27)/t19-/m1/s1. The first kappa shape index (κ1) is 20.6. The summed E-state index contributed by atoms with van der Waals surface area (Å²) in [6, 6.07) is 7.47. The third-order valence-electron chi connectivity index (χ3n) is 4.87. The molecule has 1 N–H and O–H groups in total. The molecule has 154 valence electrons. The molecule has 0 saturated heterocycles. The SMILES string of the molecule is CCCNC(=O)CN1C(C)=C(C(=O)OCC)[C@@H](c2ccc(C)cc2)n2ncnc21. The van der Waals surface area contributed by atoms with Crippen molar-refractivity contribution in [3.05, 3.63) is 53.0 Å². The molecule has 0 aliphatic carbocycles. The predicted molar refractivity (Wildman–Crippen MR) is 109 cm³/mol. The lowest BCUT2D eigenvalue weighted by Crippen LogP contribution is -2.42. The number of carbonyl (C=O) groups is 2. The van der Waals surface area contributed by atoms with Gasteiger partial charge in [-0.3, -0.25) is 4.79 Å². The Morgan fingerprint density at radius 1 is 1.17 bits per heavy atom. The molecule has 0 fully saturated rings. The van der Waals surface area contributed by atoms with Crippen LogP contribution in [0.2, 0.25) is 0 Å². The van der Waals surface area contributed by atoms with Crippen molar-refractivity contribution >= 4 is 17.8 Å². The Hall–Kier alpha value is -3.16. The van der Waals surface area contributed by atoms with Gasteiger partial charge in [-0.05, 0) is 32.8 Å². The second-order valence-electron chi connectivity index (χ2n) is 6.97. The van der Waals surface area contributed by atoms with Crippen molar-refractivity contribution < 1.29 is 14.3 Å². The van der Waals surface area contributed by atoms with Crippen LogP contribution in [0, 0.1) is 6.92 Å². The number of esters is 1. The molecular weight excluding hydrogens is 370 g/mol. The van der Waals surface area contributed by atoms with Gasteiger partial charge in [-0.25, -0.2) is 9.48 Å². The zero-order valence-electron chi connectivity index (χ0n) is 17.3. The second kappa shape index (κ2) is 8.89. The Balaban J connectivity index is 2.08. The number of nitrogens with one attached hydrogen (secondary N) is 1. The maximum atomic E-state index is 12.9. The molecule has 1 aliphatic rings. The first-order chi connectivity index (χ1) is 14.0. The van der Waals surface area contributed by atoms with Crippen molar-refractivity contribution in [1.29, 1.82) is 0 Å². The van der Waals surface area contributed by atoms with Crippen LogP contribution >= 0.6 is 0 Å². The molecule has 1 aromatic heterocycles. The Kier molecular flexibility index (Phi) is 6.31. The van der Waals surface area contributed by atoms with Gasteiger partial charge in [-0.1, -0.05) is 36.8 Å². The summed E-state index contributed by atoms with van der Waals surface area (Å²) in [7, 11) is 0. The molecule has 2 heterocycles. The lowest BCUT2D eigenvalue weighted by atomic mass is 9.94. The highest BCUT2D eigenvalue weighted by Crippen LogP contribution is 2.38. The lowest BCUT2D eigenvalue weighted by molar-refractivity contribution is -0.139. The monoisotopic (exact) mass is 397 g/mol. The van der Waals surface area contributed by atoms with Crippen molar-refractivity contribution in [3.63, 3.8) is 0 Å². The third-order valence-corrected chi connectivity index (χ3v) is 4.87. The smallest absolute Gasteiger partial charge is 0.338 e. The Morgan fingerprint density at radius 3 is 2.55 bits per heavy atom. The van der Waals surface area contributed by atoms with E-state index in [1.165, 1.54) is 6.33 Å². The number of rotatable bonds is 7. The molecule has 1 amide bonds. The van der Waals surface area contributed by atoms with Crippen LogP contribution < -0.4 is 10.2 Å². The van der Waals surface area contributed by atoms with Crippen molar-refractivity contribution in [1.82, 2.24) is 20.1 Å². The van der Waals surface area contributed by atoms with E-state index in [0.717, 1.165) is 17.5 Å². The molecule has 0 unspecified atom stereocenters. The van der Waals surface area contributed by atoms with Gasteiger partial charge in [-0.2, -0.15) is 10.1 Å².